The van der Waals surface area contributed by atoms with Crippen molar-refractivity contribution in [1.82, 2.24) is 0 Å². The van der Waals surface area contributed by atoms with E-state index in [1.54, 1.807) is 0 Å². The molecule has 2 heterocycles. The molecule has 2 atom stereocenters. The number of carbonyl (C=O) groups is 1. The molecule has 0 aromatic rings. The molecular formula is C9H15NO2S. The van der Waals surface area contributed by atoms with Crippen molar-refractivity contribution >= 4 is 16.7 Å². The van der Waals surface area contributed by atoms with E-state index in [0.717, 1.165) is 25.7 Å². The van der Waals surface area contributed by atoms with Crippen LogP contribution in [-0.2, 0) is 15.6 Å². The SMILES string of the molecule is NC(=O)C1CC2CCCC(C1)S2=O. The largest absolute Gasteiger partial charge is 0.369 e. The lowest BCUT2D eigenvalue weighted by molar-refractivity contribution is -0.122. The van der Waals surface area contributed by atoms with Crippen LogP contribution >= 0.6 is 0 Å². The Hall–Kier alpha value is -0.380. The number of hydrogen-bond acceptors (Lipinski definition) is 2. The Bertz CT molecular complexity index is 238. The Balaban J connectivity index is 2.11. The van der Waals surface area contributed by atoms with Gasteiger partial charge in [0.2, 0.25) is 5.91 Å². The van der Waals surface area contributed by atoms with E-state index in [9.17, 15) is 9.00 Å². The van der Waals surface area contributed by atoms with Gasteiger partial charge in [-0.3, -0.25) is 9.00 Å². The van der Waals surface area contributed by atoms with Gasteiger partial charge in [0.15, 0.2) is 0 Å². The molecule has 1 amide bonds. The molecule has 2 rings (SSSR count). The lowest BCUT2D eigenvalue weighted by atomic mass is 9.89. The zero-order valence-electron chi connectivity index (χ0n) is 7.57. The van der Waals surface area contributed by atoms with Crippen molar-refractivity contribution in [2.24, 2.45) is 11.7 Å². The van der Waals surface area contributed by atoms with E-state index in [1.807, 2.05) is 0 Å². The Kier molecular flexibility index (Phi) is 2.41. The maximum absolute atomic E-state index is 11.7. The van der Waals surface area contributed by atoms with Crippen LogP contribution in [0, 0.1) is 5.92 Å². The van der Waals surface area contributed by atoms with Crippen molar-refractivity contribution in [1.29, 1.82) is 0 Å². The molecule has 2 aliphatic heterocycles. The molecule has 2 saturated heterocycles. The molecule has 0 aromatic carbocycles. The van der Waals surface area contributed by atoms with Crippen LogP contribution in [0.4, 0.5) is 0 Å². The van der Waals surface area contributed by atoms with Crippen molar-refractivity contribution in [2.45, 2.75) is 42.6 Å². The average Bonchev–Trinajstić information content (AvgIpc) is 2.02. The van der Waals surface area contributed by atoms with E-state index in [2.05, 4.69) is 0 Å². The Morgan fingerprint density at radius 3 is 2.23 bits per heavy atom. The van der Waals surface area contributed by atoms with Gasteiger partial charge in [0.25, 0.3) is 0 Å². The van der Waals surface area contributed by atoms with Gasteiger partial charge in [0, 0.05) is 27.2 Å². The number of rotatable bonds is 1. The summed E-state index contributed by atoms with van der Waals surface area (Å²) in [4.78, 5) is 11.0. The van der Waals surface area contributed by atoms with Crippen molar-refractivity contribution in [2.75, 3.05) is 0 Å². The summed E-state index contributed by atoms with van der Waals surface area (Å²) in [6.07, 6.45) is 4.74. The zero-order chi connectivity index (χ0) is 9.42. The van der Waals surface area contributed by atoms with Crippen LogP contribution in [0.25, 0.3) is 0 Å². The molecule has 2 unspecified atom stereocenters. The maximum Gasteiger partial charge on any atom is 0.220 e. The average molecular weight is 201 g/mol. The van der Waals surface area contributed by atoms with Crippen LogP contribution in [-0.4, -0.2) is 20.6 Å². The molecule has 0 aromatic heterocycles. The number of carbonyl (C=O) groups excluding carboxylic acids is 1. The first-order chi connectivity index (χ1) is 6.18. The number of primary amides is 1. The molecule has 0 radical (unpaired) electrons. The normalized spacial score (nSPS) is 44.3. The molecule has 74 valence electrons. The molecule has 0 spiro atoms. The van der Waals surface area contributed by atoms with Crippen LogP contribution in [0.2, 0.25) is 0 Å². The molecule has 3 nitrogen and oxygen atoms in total. The van der Waals surface area contributed by atoms with Crippen molar-refractivity contribution in [3.8, 4) is 0 Å². The second-order valence-electron chi connectivity index (χ2n) is 4.07. The van der Waals surface area contributed by atoms with Gasteiger partial charge >= 0.3 is 0 Å². The minimum Gasteiger partial charge on any atom is -0.369 e. The fourth-order valence-corrected chi connectivity index (χ4v) is 4.65. The summed E-state index contributed by atoms with van der Waals surface area (Å²) >= 11 is 0. The summed E-state index contributed by atoms with van der Waals surface area (Å²) in [7, 11) is -0.681. The molecule has 2 fully saturated rings. The lowest BCUT2D eigenvalue weighted by Gasteiger charge is -2.36. The summed E-state index contributed by atoms with van der Waals surface area (Å²) in [5.41, 5.74) is 5.28. The molecule has 0 aliphatic carbocycles. The van der Waals surface area contributed by atoms with Gasteiger partial charge in [-0.25, -0.2) is 0 Å². The Morgan fingerprint density at radius 1 is 1.23 bits per heavy atom. The summed E-state index contributed by atoms with van der Waals surface area (Å²) in [6, 6.07) is 0. The van der Waals surface area contributed by atoms with Crippen molar-refractivity contribution < 1.29 is 9.00 Å². The third kappa shape index (κ3) is 1.64. The van der Waals surface area contributed by atoms with Crippen molar-refractivity contribution in [3.05, 3.63) is 0 Å². The number of nitrogens with two attached hydrogens (primary N) is 1. The van der Waals surface area contributed by atoms with Gasteiger partial charge in [-0.2, -0.15) is 0 Å². The third-order valence-electron chi connectivity index (χ3n) is 3.21. The molecule has 13 heavy (non-hydrogen) atoms. The van der Waals surface area contributed by atoms with Gasteiger partial charge in [-0.1, -0.05) is 6.42 Å². The van der Waals surface area contributed by atoms with Gasteiger partial charge in [0.05, 0.1) is 0 Å². The van der Waals surface area contributed by atoms with E-state index >= 15 is 0 Å². The monoisotopic (exact) mass is 201 g/mol. The van der Waals surface area contributed by atoms with Crippen LogP contribution < -0.4 is 5.73 Å². The predicted molar refractivity (Wildman–Crippen MR) is 51.5 cm³/mol. The van der Waals surface area contributed by atoms with Gasteiger partial charge in [-0.15, -0.1) is 0 Å². The molecule has 2 N–H and O–H groups in total. The van der Waals surface area contributed by atoms with Crippen LogP contribution in [0.15, 0.2) is 0 Å². The quantitative estimate of drug-likeness (QED) is 0.673. The first-order valence-electron chi connectivity index (χ1n) is 4.87. The standard InChI is InChI=1S/C9H15NO2S/c10-9(11)6-4-7-2-1-3-8(5-6)13(7)12/h6-8H,1-5H2,(H2,10,11). The Labute approximate surface area is 80.5 Å². The predicted octanol–water partition coefficient (Wildman–Crippen LogP) is 0.551. The Morgan fingerprint density at radius 2 is 1.77 bits per heavy atom. The summed E-state index contributed by atoms with van der Waals surface area (Å²) in [5, 5.41) is 0.509. The highest BCUT2D eigenvalue weighted by atomic mass is 32.2. The first kappa shape index (κ1) is 9.19. The highest BCUT2D eigenvalue weighted by Crippen LogP contribution is 2.36. The van der Waals surface area contributed by atoms with Crippen LogP contribution in [0.1, 0.15) is 32.1 Å². The van der Waals surface area contributed by atoms with Gasteiger partial charge in [-0.05, 0) is 25.7 Å². The highest BCUT2D eigenvalue weighted by Gasteiger charge is 2.39. The maximum atomic E-state index is 11.7. The smallest absolute Gasteiger partial charge is 0.220 e. The molecule has 2 bridgehead atoms. The summed E-state index contributed by atoms with van der Waals surface area (Å²) in [5.74, 6) is -0.207. The lowest BCUT2D eigenvalue weighted by Crippen LogP contribution is -2.43. The van der Waals surface area contributed by atoms with E-state index in [1.165, 1.54) is 6.42 Å². The first-order valence-corrected chi connectivity index (χ1v) is 6.15. The summed E-state index contributed by atoms with van der Waals surface area (Å²) < 4.78 is 11.7. The molecule has 0 saturated carbocycles. The minimum atomic E-state index is -0.681. The van der Waals surface area contributed by atoms with Gasteiger partial charge < -0.3 is 5.73 Å². The zero-order valence-corrected chi connectivity index (χ0v) is 8.39. The van der Waals surface area contributed by atoms with E-state index in [4.69, 9.17) is 5.73 Å². The summed E-state index contributed by atoms with van der Waals surface area (Å²) in [6.45, 7) is 0. The second-order valence-corrected chi connectivity index (χ2v) is 6.06. The number of hydrogen-bond donors (Lipinski definition) is 1. The minimum absolute atomic E-state index is 0.00648. The fourth-order valence-electron chi connectivity index (χ4n) is 2.47. The topological polar surface area (TPSA) is 60.2 Å². The van der Waals surface area contributed by atoms with E-state index in [0.29, 0.717) is 0 Å². The molecular weight excluding hydrogens is 186 g/mol. The molecule has 4 heteroatoms. The second kappa shape index (κ2) is 3.40. The van der Waals surface area contributed by atoms with E-state index < -0.39 is 10.8 Å². The van der Waals surface area contributed by atoms with Crippen molar-refractivity contribution in [3.63, 3.8) is 0 Å². The number of fused-ring (bicyclic) bond motifs is 2. The third-order valence-corrected chi connectivity index (χ3v) is 5.38. The van der Waals surface area contributed by atoms with Crippen LogP contribution in [0.5, 0.6) is 0 Å². The number of amides is 1. The molecule has 2 aliphatic rings. The van der Waals surface area contributed by atoms with Gasteiger partial charge in [0.1, 0.15) is 0 Å². The van der Waals surface area contributed by atoms with Crippen LogP contribution in [0.3, 0.4) is 0 Å². The fraction of sp³-hybridized carbons (Fsp3) is 0.889. The highest BCUT2D eigenvalue weighted by molar-refractivity contribution is 7.86. The van der Waals surface area contributed by atoms with E-state index in [-0.39, 0.29) is 22.3 Å².